The second-order valence-electron chi connectivity index (χ2n) is 9.49. The van der Waals surface area contributed by atoms with E-state index in [0.717, 1.165) is 60.7 Å². The highest BCUT2D eigenvalue weighted by atomic mass is 79.9. The van der Waals surface area contributed by atoms with E-state index in [9.17, 15) is 0 Å². The number of halogens is 1. The van der Waals surface area contributed by atoms with E-state index in [1.54, 1.807) is 12.3 Å². The van der Waals surface area contributed by atoms with Crippen LogP contribution in [0.15, 0.2) is 21.2 Å². The number of nitrogens with zero attached hydrogens (tertiary/aromatic N) is 4. The summed E-state index contributed by atoms with van der Waals surface area (Å²) in [6, 6.07) is 4.98. The van der Waals surface area contributed by atoms with Gasteiger partial charge in [-0.15, -0.1) is 0 Å². The third kappa shape index (κ3) is 4.96. The summed E-state index contributed by atoms with van der Waals surface area (Å²) in [5, 5.41) is 13.6. The number of fused-ring (bicyclic) bond motifs is 1. The van der Waals surface area contributed by atoms with Gasteiger partial charge in [0.1, 0.15) is 11.9 Å². The van der Waals surface area contributed by atoms with Gasteiger partial charge in [-0.1, -0.05) is 0 Å². The smallest absolute Gasteiger partial charge is 0.204 e. The van der Waals surface area contributed by atoms with Crippen molar-refractivity contribution in [3.8, 4) is 6.07 Å². The van der Waals surface area contributed by atoms with Gasteiger partial charge in [0.15, 0.2) is 5.58 Å². The predicted molar refractivity (Wildman–Crippen MR) is 128 cm³/mol. The minimum Gasteiger partial charge on any atom is -0.444 e. The third-order valence-electron chi connectivity index (χ3n) is 7.35. The summed E-state index contributed by atoms with van der Waals surface area (Å²) in [6.07, 6.45) is 9.22. The Morgan fingerprint density at radius 3 is 2.75 bits per heavy atom. The van der Waals surface area contributed by atoms with Crippen LogP contribution in [0.5, 0.6) is 0 Å². The average molecular weight is 502 g/mol. The van der Waals surface area contributed by atoms with E-state index in [-0.39, 0.29) is 0 Å². The number of piperidine rings is 1. The van der Waals surface area contributed by atoms with Crippen LogP contribution in [0.4, 0.5) is 5.82 Å². The Balaban J connectivity index is 1.14. The van der Waals surface area contributed by atoms with Gasteiger partial charge in [0.25, 0.3) is 0 Å². The van der Waals surface area contributed by atoms with Crippen LogP contribution >= 0.6 is 15.9 Å². The molecule has 1 N–H and O–H groups in total. The lowest BCUT2D eigenvalue weighted by molar-refractivity contribution is 0.0172. The van der Waals surface area contributed by atoms with Crippen LogP contribution < -0.4 is 5.32 Å². The van der Waals surface area contributed by atoms with Crippen LogP contribution in [0.1, 0.15) is 44.3 Å². The molecule has 1 saturated carbocycles. The molecule has 0 amide bonds. The zero-order chi connectivity index (χ0) is 21.9. The number of anilines is 1. The lowest BCUT2D eigenvalue weighted by Crippen LogP contribution is -2.48. The fourth-order valence-corrected chi connectivity index (χ4v) is 6.17. The maximum Gasteiger partial charge on any atom is 0.204 e. The Kier molecular flexibility index (Phi) is 6.98. The lowest BCUT2D eigenvalue weighted by atomic mass is 9.87. The highest BCUT2D eigenvalue weighted by Crippen LogP contribution is 2.34. The Morgan fingerprint density at radius 2 is 1.97 bits per heavy atom. The van der Waals surface area contributed by atoms with Crippen molar-refractivity contribution in [3.63, 3.8) is 0 Å². The van der Waals surface area contributed by atoms with E-state index >= 15 is 0 Å². The zero-order valence-corrected chi connectivity index (χ0v) is 20.1. The molecule has 1 atom stereocenters. The van der Waals surface area contributed by atoms with Crippen molar-refractivity contribution in [1.29, 1.82) is 5.26 Å². The van der Waals surface area contributed by atoms with E-state index in [4.69, 9.17) is 14.4 Å². The molecule has 2 aliphatic heterocycles. The second kappa shape index (κ2) is 10.1. The van der Waals surface area contributed by atoms with Crippen LogP contribution in [0.25, 0.3) is 11.0 Å². The van der Waals surface area contributed by atoms with E-state index in [2.05, 4.69) is 42.1 Å². The van der Waals surface area contributed by atoms with Gasteiger partial charge in [0.05, 0.1) is 23.9 Å². The molecule has 0 spiro atoms. The number of nitriles is 1. The summed E-state index contributed by atoms with van der Waals surface area (Å²) in [4.78, 5) is 9.91. The molecule has 5 rings (SSSR count). The van der Waals surface area contributed by atoms with Crippen LogP contribution in [0.2, 0.25) is 0 Å². The minimum absolute atomic E-state index is 0.314. The molecule has 32 heavy (non-hydrogen) atoms. The highest BCUT2D eigenvalue weighted by molar-refractivity contribution is 9.10. The van der Waals surface area contributed by atoms with Crippen molar-refractivity contribution >= 4 is 32.7 Å². The van der Waals surface area contributed by atoms with Gasteiger partial charge in [-0.2, -0.15) is 5.26 Å². The summed E-state index contributed by atoms with van der Waals surface area (Å²) in [5.74, 6) is 1.96. The first-order chi connectivity index (χ1) is 15.7. The number of nitrogens with one attached hydrogen (secondary N) is 1. The number of rotatable bonds is 5. The molecular weight excluding hydrogens is 470 g/mol. The van der Waals surface area contributed by atoms with E-state index in [1.807, 2.05) is 0 Å². The van der Waals surface area contributed by atoms with Crippen LogP contribution in [-0.2, 0) is 4.74 Å². The molecule has 3 aliphatic rings. The van der Waals surface area contributed by atoms with Gasteiger partial charge in [-0.05, 0) is 66.9 Å². The van der Waals surface area contributed by atoms with Crippen molar-refractivity contribution in [3.05, 3.63) is 22.5 Å². The number of morpholine rings is 1. The molecule has 1 aliphatic carbocycles. The van der Waals surface area contributed by atoms with Crippen molar-refractivity contribution in [2.24, 2.45) is 5.92 Å². The number of aromatic nitrogens is 1. The number of ether oxygens (including phenoxy) is 1. The summed E-state index contributed by atoms with van der Waals surface area (Å²) in [7, 11) is 0. The molecule has 2 aromatic heterocycles. The molecule has 3 fully saturated rings. The molecular formula is C24H32BrN5O2. The molecule has 2 aromatic rings. The second-order valence-corrected chi connectivity index (χ2v) is 10.3. The average Bonchev–Trinajstić information content (AvgIpc) is 3.27. The summed E-state index contributed by atoms with van der Waals surface area (Å²) in [6.45, 7) is 7.73. The monoisotopic (exact) mass is 501 g/mol. The van der Waals surface area contributed by atoms with Gasteiger partial charge in [0.2, 0.25) is 5.76 Å². The SMILES string of the molecule is N#Cc1cc2c(Br)c(NC3CCC(N4CCC[C@H](CN5CCOCC5)C4)CC3)ncc2o1. The largest absolute Gasteiger partial charge is 0.444 e. The Labute approximate surface area is 198 Å². The number of hydrogen-bond acceptors (Lipinski definition) is 7. The van der Waals surface area contributed by atoms with Gasteiger partial charge in [-0.25, -0.2) is 4.98 Å². The van der Waals surface area contributed by atoms with Crippen molar-refractivity contribution < 1.29 is 9.15 Å². The molecule has 0 aromatic carbocycles. The molecule has 4 heterocycles. The molecule has 7 nitrogen and oxygen atoms in total. The fraction of sp³-hybridized carbons (Fsp3) is 0.667. The van der Waals surface area contributed by atoms with Crippen molar-refractivity contribution in [1.82, 2.24) is 14.8 Å². The molecule has 2 saturated heterocycles. The van der Waals surface area contributed by atoms with Gasteiger partial charge in [0, 0.05) is 49.7 Å². The standard InChI is InChI=1S/C24H32BrN5O2/c25-23-21-12-20(13-26)32-22(21)14-27-24(23)28-18-3-5-19(6-4-18)30-7-1-2-17(16-30)15-29-8-10-31-11-9-29/h12,14,17-19H,1-11,15-16H2,(H,27,28)/t17-,18?,19?/m1/s1. The summed E-state index contributed by atoms with van der Waals surface area (Å²) >= 11 is 3.66. The molecule has 172 valence electrons. The van der Waals surface area contributed by atoms with Crippen LogP contribution in [-0.4, -0.2) is 72.8 Å². The third-order valence-corrected chi connectivity index (χ3v) is 8.15. The van der Waals surface area contributed by atoms with E-state index in [1.165, 1.54) is 45.3 Å². The van der Waals surface area contributed by atoms with Crippen LogP contribution in [0.3, 0.4) is 0 Å². The Hall–Kier alpha value is -1.66. The first-order valence-corrected chi connectivity index (χ1v) is 12.8. The number of furan rings is 1. The lowest BCUT2D eigenvalue weighted by Gasteiger charge is -2.43. The quantitative estimate of drug-likeness (QED) is 0.656. The van der Waals surface area contributed by atoms with Gasteiger partial charge < -0.3 is 19.4 Å². The van der Waals surface area contributed by atoms with Crippen molar-refractivity contribution in [2.45, 2.75) is 50.6 Å². The zero-order valence-electron chi connectivity index (χ0n) is 18.6. The Morgan fingerprint density at radius 1 is 1.16 bits per heavy atom. The first kappa shape index (κ1) is 22.1. The summed E-state index contributed by atoms with van der Waals surface area (Å²) in [5.41, 5.74) is 0.638. The fourth-order valence-electron chi connectivity index (χ4n) is 5.64. The molecule has 0 radical (unpaired) electrons. The summed E-state index contributed by atoms with van der Waals surface area (Å²) < 4.78 is 11.9. The topological polar surface area (TPSA) is 77.6 Å². The van der Waals surface area contributed by atoms with Gasteiger partial charge >= 0.3 is 0 Å². The predicted octanol–water partition coefficient (Wildman–Crippen LogP) is 4.23. The van der Waals surface area contributed by atoms with Gasteiger partial charge in [-0.3, -0.25) is 4.90 Å². The highest BCUT2D eigenvalue weighted by Gasteiger charge is 2.31. The maximum absolute atomic E-state index is 9.08. The molecule has 0 unspecified atom stereocenters. The molecule has 8 heteroatoms. The Bertz CT molecular complexity index is 959. The van der Waals surface area contributed by atoms with Crippen LogP contribution in [0, 0.1) is 17.2 Å². The van der Waals surface area contributed by atoms with Crippen molar-refractivity contribution in [2.75, 3.05) is 51.3 Å². The minimum atomic E-state index is 0.314. The van der Waals surface area contributed by atoms with E-state index < -0.39 is 0 Å². The maximum atomic E-state index is 9.08. The number of pyridine rings is 1. The number of hydrogen-bond donors (Lipinski definition) is 1. The first-order valence-electron chi connectivity index (χ1n) is 12.0. The molecule has 0 bridgehead atoms. The van der Waals surface area contributed by atoms with E-state index in [0.29, 0.717) is 23.4 Å². The normalized spacial score (nSPS) is 27.9. The number of likely N-dealkylation sites (tertiary alicyclic amines) is 1.